The largest absolute Gasteiger partial charge is 0.493 e. The number of hydrogen-bond donors (Lipinski definition) is 1. The van der Waals surface area contributed by atoms with Crippen molar-refractivity contribution in [2.24, 2.45) is 0 Å². The van der Waals surface area contributed by atoms with E-state index < -0.39 is 17.9 Å². The fourth-order valence-electron chi connectivity index (χ4n) is 3.44. The van der Waals surface area contributed by atoms with Crippen LogP contribution >= 0.6 is 11.6 Å². The number of ether oxygens (including phenoxy) is 3. The predicted molar refractivity (Wildman–Crippen MR) is 126 cm³/mol. The van der Waals surface area contributed by atoms with Crippen molar-refractivity contribution < 1.29 is 37.4 Å². The zero-order valence-electron chi connectivity index (χ0n) is 19.2. The fourth-order valence-corrected chi connectivity index (χ4v) is 3.65. The van der Waals surface area contributed by atoms with E-state index in [9.17, 15) is 18.8 Å². The SMILES string of the molecule is COC(=O)c1ccc(CN2C(=O)N/C(=C\c3cc(Cl)cc(OC)c3OCc3ccc(F)cc3)C2=O)o1. The number of nitrogens with one attached hydrogen (secondary N) is 1. The molecular weight excluding hydrogens is 495 g/mol. The second kappa shape index (κ2) is 10.5. The van der Waals surface area contributed by atoms with Gasteiger partial charge in [0, 0.05) is 16.7 Å². The lowest BCUT2D eigenvalue weighted by Crippen LogP contribution is -2.30. The molecule has 11 heteroatoms. The fraction of sp³-hybridized carbons (Fsp3) is 0.160. The number of rotatable bonds is 8. The molecule has 36 heavy (non-hydrogen) atoms. The number of esters is 1. The van der Waals surface area contributed by atoms with Crippen LogP contribution in [0.25, 0.3) is 6.08 Å². The first-order valence-corrected chi connectivity index (χ1v) is 10.9. The van der Waals surface area contributed by atoms with Gasteiger partial charge >= 0.3 is 12.0 Å². The van der Waals surface area contributed by atoms with Gasteiger partial charge in [0.2, 0.25) is 5.76 Å². The molecule has 1 aliphatic rings. The number of urea groups is 1. The monoisotopic (exact) mass is 514 g/mol. The molecule has 2 aromatic carbocycles. The minimum absolute atomic E-state index is 0.0318. The van der Waals surface area contributed by atoms with Gasteiger partial charge in [-0.1, -0.05) is 23.7 Å². The number of carbonyl (C=O) groups excluding carboxylic acids is 3. The van der Waals surface area contributed by atoms with Crippen LogP contribution in [0.1, 0.15) is 27.4 Å². The third-order valence-electron chi connectivity index (χ3n) is 5.19. The number of furan rings is 1. The van der Waals surface area contributed by atoms with Crippen LogP contribution in [0, 0.1) is 5.82 Å². The highest BCUT2D eigenvalue weighted by atomic mass is 35.5. The highest BCUT2D eigenvalue weighted by molar-refractivity contribution is 6.31. The van der Waals surface area contributed by atoms with Crippen molar-refractivity contribution in [3.63, 3.8) is 0 Å². The van der Waals surface area contributed by atoms with Gasteiger partial charge < -0.3 is 23.9 Å². The zero-order chi connectivity index (χ0) is 25.8. The van der Waals surface area contributed by atoms with Crippen molar-refractivity contribution in [2.75, 3.05) is 14.2 Å². The molecule has 1 fully saturated rings. The number of halogens is 2. The molecule has 9 nitrogen and oxygen atoms in total. The Labute approximate surface area is 210 Å². The Kier molecular flexibility index (Phi) is 7.25. The van der Waals surface area contributed by atoms with Crippen LogP contribution in [-0.4, -0.2) is 37.0 Å². The normalized spacial score (nSPS) is 14.2. The number of nitrogens with zero attached hydrogens (tertiary/aromatic N) is 1. The third kappa shape index (κ3) is 5.33. The van der Waals surface area contributed by atoms with E-state index in [2.05, 4.69) is 10.1 Å². The Hall–Kier alpha value is -4.31. The zero-order valence-corrected chi connectivity index (χ0v) is 19.9. The summed E-state index contributed by atoms with van der Waals surface area (Å²) >= 11 is 6.22. The minimum atomic E-state index is -0.679. The van der Waals surface area contributed by atoms with Crippen LogP contribution in [0.3, 0.4) is 0 Å². The molecular formula is C25H20ClFN2O7. The Balaban J connectivity index is 1.59. The number of benzene rings is 2. The van der Waals surface area contributed by atoms with Gasteiger partial charge in [-0.05, 0) is 42.0 Å². The highest BCUT2D eigenvalue weighted by Gasteiger charge is 2.34. The molecule has 0 spiro atoms. The van der Waals surface area contributed by atoms with Crippen LogP contribution in [0.5, 0.6) is 11.5 Å². The Morgan fingerprint density at radius 3 is 2.58 bits per heavy atom. The lowest BCUT2D eigenvalue weighted by atomic mass is 10.1. The van der Waals surface area contributed by atoms with E-state index in [1.807, 2.05) is 0 Å². The van der Waals surface area contributed by atoms with E-state index in [-0.39, 0.29) is 41.9 Å². The summed E-state index contributed by atoms with van der Waals surface area (Å²) in [7, 11) is 2.64. The van der Waals surface area contributed by atoms with E-state index >= 15 is 0 Å². The van der Waals surface area contributed by atoms with Crippen molar-refractivity contribution in [1.82, 2.24) is 10.2 Å². The van der Waals surface area contributed by atoms with Crippen molar-refractivity contribution >= 4 is 35.6 Å². The van der Waals surface area contributed by atoms with E-state index in [4.69, 9.17) is 25.5 Å². The molecule has 2 heterocycles. The molecule has 1 aromatic heterocycles. The number of imide groups is 1. The van der Waals surface area contributed by atoms with Crippen LogP contribution < -0.4 is 14.8 Å². The molecule has 0 radical (unpaired) electrons. The number of carbonyl (C=O) groups is 3. The quantitative estimate of drug-likeness (QED) is 0.267. The minimum Gasteiger partial charge on any atom is -0.493 e. The molecule has 0 bridgehead atoms. The molecule has 0 unspecified atom stereocenters. The van der Waals surface area contributed by atoms with Gasteiger partial charge in [-0.3, -0.25) is 9.69 Å². The summed E-state index contributed by atoms with van der Waals surface area (Å²) in [4.78, 5) is 38.0. The van der Waals surface area contributed by atoms with Crippen LogP contribution in [0.15, 0.2) is 58.6 Å². The van der Waals surface area contributed by atoms with E-state index in [1.54, 1.807) is 24.3 Å². The summed E-state index contributed by atoms with van der Waals surface area (Å²) in [5.41, 5.74) is 1.04. The molecule has 3 amide bonds. The molecule has 186 valence electrons. The van der Waals surface area contributed by atoms with Gasteiger partial charge in [-0.25, -0.2) is 14.0 Å². The first kappa shape index (κ1) is 24.8. The van der Waals surface area contributed by atoms with Crippen molar-refractivity contribution in [3.05, 3.63) is 87.7 Å². The van der Waals surface area contributed by atoms with Crippen LogP contribution in [-0.2, 0) is 22.7 Å². The maximum Gasteiger partial charge on any atom is 0.373 e. The van der Waals surface area contributed by atoms with Crippen molar-refractivity contribution in [2.45, 2.75) is 13.2 Å². The smallest absolute Gasteiger partial charge is 0.373 e. The molecule has 0 saturated carbocycles. The van der Waals surface area contributed by atoms with Gasteiger partial charge in [0.15, 0.2) is 11.5 Å². The molecule has 1 saturated heterocycles. The Morgan fingerprint density at radius 2 is 1.89 bits per heavy atom. The Bertz CT molecular complexity index is 1350. The average Bonchev–Trinajstić information content (AvgIpc) is 3.44. The van der Waals surface area contributed by atoms with Crippen LogP contribution in [0.4, 0.5) is 9.18 Å². The van der Waals surface area contributed by atoms with Gasteiger partial charge in [0.25, 0.3) is 5.91 Å². The van der Waals surface area contributed by atoms with Crippen LogP contribution in [0.2, 0.25) is 5.02 Å². The summed E-state index contributed by atoms with van der Waals surface area (Å²) in [5.74, 6) is -0.938. The summed E-state index contributed by atoms with van der Waals surface area (Å²) in [6, 6.07) is 11.1. The number of amides is 3. The van der Waals surface area contributed by atoms with Gasteiger partial charge in [0.1, 0.15) is 23.9 Å². The first-order chi connectivity index (χ1) is 17.3. The second-order valence-corrected chi connectivity index (χ2v) is 8.01. The molecule has 3 aromatic rings. The second-order valence-electron chi connectivity index (χ2n) is 7.58. The topological polar surface area (TPSA) is 107 Å². The maximum atomic E-state index is 13.2. The predicted octanol–water partition coefficient (Wildman–Crippen LogP) is 4.54. The van der Waals surface area contributed by atoms with Gasteiger partial charge in [0.05, 0.1) is 20.8 Å². The van der Waals surface area contributed by atoms with Gasteiger partial charge in [-0.15, -0.1) is 0 Å². The molecule has 0 aliphatic carbocycles. The molecule has 4 rings (SSSR count). The highest BCUT2D eigenvalue weighted by Crippen LogP contribution is 2.37. The lowest BCUT2D eigenvalue weighted by molar-refractivity contribution is -0.123. The van der Waals surface area contributed by atoms with E-state index in [0.717, 1.165) is 4.90 Å². The maximum absolute atomic E-state index is 13.2. The summed E-state index contributed by atoms with van der Waals surface area (Å²) in [5, 5.41) is 2.82. The molecule has 0 atom stereocenters. The Morgan fingerprint density at radius 1 is 1.14 bits per heavy atom. The van der Waals surface area contributed by atoms with Crippen molar-refractivity contribution in [1.29, 1.82) is 0 Å². The first-order valence-electron chi connectivity index (χ1n) is 10.6. The summed E-state index contributed by atoms with van der Waals surface area (Å²) in [6.45, 7) is -0.117. The van der Waals surface area contributed by atoms with Crippen molar-refractivity contribution in [3.8, 4) is 11.5 Å². The summed E-state index contributed by atoms with van der Waals surface area (Å²) < 4.78 is 34.5. The van der Waals surface area contributed by atoms with Gasteiger partial charge in [-0.2, -0.15) is 0 Å². The lowest BCUT2D eigenvalue weighted by Gasteiger charge is -2.15. The third-order valence-corrected chi connectivity index (χ3v) is 5.41. The molecule has 1 N–H and O–H groups in total. The number of methoxy groups -OCH3 is 2. The number of hydrogen-bond acceptors (Lipinski definition) is 7. The average molecular weight is 515 g/mol. The standard InChI is InChI=1S/C25H20ClFN2O7/c1-33-21-11-16(26)9-15(22(21)35-13-14-3-5-17(27)6-4-14)10-19-23(30)29(25(32)28-19)12-18-7-8-20(36-18)24(31)34-2/h3-11H,12-13H2,1-2H3,(H,28,32)/b19-10-. The van der Waals surface area contributed by atoms with E-state index in [1.165, 1.54) is 44.6 Å². The molecule has 1 aliphatic heterocycles. The van der Waals surface area contributed by atoms with E-state index in [0.29, 0.717) is 21.9 Å². The summed E-state index contributed by atoms with van der Waals surface area (Å²) in [6.07, 6.45) is 1.41.